The lowest BCUT2D eigenvalue weighted by Crippen LogP contribution is -2.62. The van der Waals surface area contributed by atoms with Gasteiger partial charge in [-0.1, -0.05) is 0 Å². The number of aromatic nitrogens is 2. The second-order valence-electron chi connectivity index (χ2n) is 5.59. The largest absolute Gasteiger partial charge is 0.444 e. The van der Waals surface area contributed by atoms with Crippen LogP contribution in [0.25, 0.3) is 0 Å². The van der Waals surface area contributed by atoms with Gasteiger partial charge in [0.25, 0.3) is 0 Å². The summed E-state index contributed by atoms with van der Waals surface area (Å²) in [7, 11) is 0. The number of amides is 1. The number of hydrogen-bond donors (Lipinski definition) is 1. The number of nitrogens with zero attached hydrogens (tertiary/aromatic N) is 3. The van der Waals surface area contributed by atoms with Crippen LogP contribution in [0.5, 0.6) is 0 Å². The Labute approximate surface area is 119 Å². The quantitative estimate of drug-likeness (QED) is 0.848. The maximum atomic E-state index is 11.8. The highest BCUT2D eigenvalue weighted by Crippen LogP contribution is 2.30. The maximum Gasteiger partial charge on any atom is 0.410 e. The lowest BCUT2D eigenvalue weighted by atomic mass is 9.94. The Morgan fingerprint density at radius 2 is 1.95 bits per heavy atom. The monoisotopic (exact) mass is 329 g/mol. The van der Waals surface area contributed by atoms with Crippen LogP contribution in [0.1, 0.15) is 26.6 Å². The first-order chi connectivity index (χ1) is 8.70. The van der Waals surface area contributed by atoms with Crippen LogP contribution in [0.3, 0.4) is 0 Å². The van der Waals surface area contributed by atoms with Crippen molar-refractivity contribution in [3.8, 4) is 0 Å². The van der Waals surface area contributed by atoms with Gasteiger partial charge >= 0.3 is 6.09 Å². The fourth-order valence-electron chi connectivity index (χ4n) is 1.73. The summed E-state index contributed by atoms with van der Waals surface area (Å²) in [6.45, 7) is 5.69. The zero-order valence-corrected chi connectivity index (χ0v) is 12.6. The topological polar surface area (TPSA) is 75.5 Å². The van der Waals surface area contributed by atoms with Gasteiger partial charge in [-0.2, -0.15) is 0 Å². The number of halogens is 1. The zero-order valence-electron chi connectivity index (χ0n) is 11.1. The van der Waals surface area contributed by atoms with Crippen molar-refractivity contribution in [2.45, 2.75) is 32.0 Å². The molecule has 1 N–H and O–H groups in total. The molecule has 0 spiro atoms. The minimum atomic E-state index is -1.18. The van der Waals surface area contributed by atoms with Gasteiger partial charge in [0.1, 0.15) is 5.60 Å². The predicted molar refractivity (Wildman–Crippen MR) is 71.4 cm³/mol. The summed E-state index contributed by atoms with van der Waals surface area (Å²) in [5.74, 6) is 0.315. The van der Waals surface area contributed by atoms with E-state index >= 15 is 0 Å². The first-order valence-corrected chi connectivity index (χ1v) is 6.67. The molecule has 2 heterocycles. The van der Waals surface area contributed by atoms with Crippen LogP contribution in [-0.4, -0.2) is 44.8 Å². The Bertz CT molecular complexity index is 478. The standard InChI is InChI=1S/C12H16BrN3O3/c1-11(2,3)19-10(17)16-6-12(18,7-16)9-14-4-8(13)5-15-9/h4-5,18H,6-7H2,1-3H3. The fourth-order valence-corrected chi connectivity index (χ4v) is 1.94. The van der Waals surface area contributed by atoms with Gasteiger partial charge in [-0.3, -0.25) is 0 Å². The van der Waals surface area contributed by atoms with Gasteiger partial charge in [-0.05, 0) is 36.7 Å². The Morgan fingerprint density at radius 1 is 1.42 bits per heavy atom. The van der Waals surface area contributed by atoms with Gasteiger partial charge in [-0.15, -0.1) is 0 Å². The van der Waals surface area contributed by atoms with Crippen molar-refractivity contribution < 1.29 is 14.6 Å². The van der Waals surface area contributed by atoms with Crippen molar-refractivity contribution in [3.63, 3.8) is 0 Å². The fraction of sp³-hybridized carbons (Fsp3) is 0.583. The molecule has 1 aromatic rings. The summed E-state index contributed by atoms with van der Waals surface area (Å²) in [6, 6.07) is 0. The average molecular weight is 330 g/mol. The number of likely N-dealkylation sites (tertiary alicyclic amines) is 1. The number of hydrogen-bond acceptors (Lipinski definition) is 5. The number of aliphatic hydroxyl groups is 1. The van der Waals surface area contributed by atoms with Gasteiger partial charge in [0.2, 0.25) is 0 Å². The minimum absolute atomic E-state index is 0.142. The summed E-state index contributed by atoms with van der Waals surface area (Å²) in [5, 5.41) is 10.3. The SMILES string of the molecule is CC(C)(C)OC(=O)N1CC(O)(c2ncc(Br)cn2)C1. The summed E-state index contributed by atoms with van der Waals surface area (Å²) < 4.78 is 5.96. The third-order valence-corrected chi connectivity index (χ3v) is 3.00. The van der Waals surface area contributed by atoms with Gasteiger partial charge in [0.15, 0.2) is 11.4 Å². The Morgan fingerprint density at radius 3 is 2.42 bits per heavy atom. The first-order valence-electron chi connectivity index (χ1n) is 5.88. The van der Waals surface area contributed by atoms with E-state index in [1.165, 1.54) is 4.90 Å². The van der Waals surface area contributed by atoms with Crippen LogP contribution in [0, 0.1) is 0 Å². The van der Waals surface area contributed by atoms with E-state index in [1.807, 2.05) is 0 Å². The minimum Gasteiger partial charge on any atom is -0.444 e. The van der Waals surface area contributed by atoms with Gasteiger partial charge in [0, 0.05) is 12.4 Å². The zero-order chi connectivity index (χ0) is 14.3. The van der Waals surface area contributed by atoms with Gasteiger partial charge in [0.05, 0.1) is 17.6 Å². The molecule has 0 saturated carbocycles. The van der Waals surface area contributed by atoms with Gasteiger partial charge in [-0.25, -0.2) is 14.8 Å². The number of rotatable bonds is 1. The first kappa shape index (κ1) is 14.2. The molecule has 1 saturated heterocycles. The molecule has 0 radical (unpaired) electrons. The molecule has 1 aliphatic rings. The molecule has 1 aliphatic heterocycles. The molecule has 104 valence electrons. The van der Waals surface area contributed by atoms with Crippen molar-refractivity contribution in [2.24, 2.45) is 0 Å². The molecular formula is C12H16BrN3O3. The molecule has 0 bridgehead atoms. The van der Waals surface area contributed by atoms with E-state index in [0.29, 0.717) is 5.82 Å². The average Bonchev–Trinajstić information content (AvgIpc) is 2.23. The van der Waals surface area contributed by atoms with Crippen molar-refractivity contribution >= 4 is 22.0 Å². The van der Waals surface area contributed by atoms with Crippen molar-refractivity contribution in [3.05, 3.63) is 22.7 Å². The van der Waals surface area contributed by atoms with E-state index in [0.717, 1.165) is 4.47 Å². The molecule has 19 heavy (non-hydrogen) atoms. The predicted octanol–water partition coefficient (Wildman–Crippen LogP) is 1.68. The van der Waals surface area contributed by atoms with E-state index in [9.17, 15) is 9.90 Å². The van der Waals surface area contributed by atoms with Crippen LogP contribution in [0.2, 0.25) is 0 Å². The van der Waals surface area contributed by atoms with Crippen molar-refractivity contribution in [1.29, 1.82) is 0 Å². The van der Waals surface area contributed by atoms with E-state index in [2.05, 4.69) is 25.9 Å². The van der Waals surface area contributed by atoms with E-state index in [1.54, 1.807) is 33.2 Å². The summed E-state index contributed by atoms with van der Waals surface area (Å²) in [6.07, 6.45) is 2.70. The summed E-state index contributed by atoms with van der Waals surface area (Å²) in [4.78, 5) is 21.3. The molecule has 0 aromatic carbocycles. The molecular weight excluding hydrogens is 314 g/mol. The van der Waals surface area contributed by atoms with Crippen LogP contribution < -0.4 is 0 Å². The number of carbonyl (C=O) groups is 1. The number of β-amino-alcohol motifs (C(OH)–C–C–N with tert-alkyl or cyclic N) is 1. The highest BCUT2D eigenvalue weighted by molar-refractivity contribution is 9.10. The molecule has 0 unspecified atom stereocenters. The Kier molecular flexibility index (Phi) is 3.53. The molecule has 1 fully saturated rings. The van der Waals surface area contributed by atoms with E-state index in [-0.39, 0.29) is 13.1 Å². The summed E-state index contributed by atoms with van der Waals surface area (Å²) in [5.41, 5.74) is -1.73. The highest BCUT2D eigenvalue weighted by Gasteiger charge is 2.48. The van der Waals surface area contributed by atoms with Crippen LogP contribution in [-0.2, 0) is 10.3 Å². The third kappa shape index (κ3) is 3.22. The lowest BCUT2D eigenvalue weighted by molar-refractivity contribution is -0.108. The van der Waals surface area contributed by atoms with Crippen LogP contribution in [0.4, 0.5) is 4.79 Å². The molecule has 1 amide bonds. The second-order valence-corrected chi connectivity index (χ2v) is 6.51. The number of ether oxygens (including phenoxy) is 1. The highest BCUT2D eigenvalue weighted by atomic mass is 79.9. The Hall–Kier alpha value is -1.21. The number of carbonyl (C=O) groups excluding carboxylic acids is 1. The normalized spacial score (nSPS) is 17.8. The molecule has 6 nitrogen and oxygen atoms in total. The van der Waals surface area contributed by atoms with Crippen LogP contribution in [0.15, 0.2) is 16.9 Å². The van der Waals surface area contributed by atoms with E-state index < -0.39 is 17.3 Å². The lowest BCUT2D eigenvalue weighted by Gasteiger charge is -2.44. The maximum absolute atomic E-state index is 11.8. The van der Waals surface area contributed by atoms with Gasteiger partial charge < -0.3 is 14.7 Å². The molecule has 0 atom stereocenters. The summed E-state index contributed by atoms with van der Waals surface area (Å²) >= 11 is 3.23. The second kappa shape index (κ2) is 4.72. The van der Waals surface area contributed by atoms with Crippen LogP contribution >= 0.6 is 15.9 Å². The molecule has 1 aromatic heterocycles. The molecule has 0 aliphatic carbocycles. The van der Waals surface area contributed by atoms with Crippen molar-refractivity contribution in [1.82, 2.24) is 14.9 Å². The smallest absolute Gasteiger partial charge is 0.410 e. The Balaban J connectivity index is 1.98. The third-order valence-electron chi connectivity index (χ3n) is 2.59. The molecule has 7 heteroatoms. The van der Waals surface area contributed by atoms with E-state index in [4.69, 9.17) is 4.74 Å². The molecule has 2 rings (SSSR count). The van der Waals surface area contributed by atoms with Crippen molar-refractivity contribution in [2.75, 3.05) is 13.1 Å².